The van der Waals surface area contributed by atoms with E-state index in [1.807, 2.05) is 0 Å². The van der Waals surface area contributed by atoms with Crippen LogP contribution in [0.2, 0.25) is 0 Å². The van der Waals surface area contributed by atoms with Crippen molar-refractivity contribution < 1.29 is 0 Å². The first-order chi connectivity index (χ1) is 4.83. The molecule has 0 aliphatic heterocycles. The van der Waals surface area contributed by atoms with Crippen molar-refractivity contribution >= 4 is 46.4 Å². The zero-order valence-electron chi connectivity index (χ0n) is 5.24. The minimum Gasteiger partial charge on any atom is -0.122 e. The van der Waals surface area contributed by atoms with Crippen molar-refractivity contribution in [1.82, 2.24) is 0 Å². The van der Waals surface area contributed by atoms with Gasteiger partial charge in [-0.05, 0) is 0 Å². The molecule has 0 aromatic heterocycles. The summed E-state index contributed by atoms with van der Waals surface area (Å²) >= 11 is 20.3. The number of rotatable bonds is 2. The van der Waals surface area contributed by atoms with Crippen LogP contribution in [0.15, 0.2) is 23.2 Å². The highest BCUT2D eigenvalue weighted by molar-refractivity contribution is 6.26. The Balaban J connectivity index is 0. The molecule has 4 heteroatoms. The van der Waals surface area contributed by atoms with Crippen LogP contribution in [-0.2, 0) is 0 Å². The molecule has 0 saturated carbocycles. The van der Waals surface area contributed by atoms with E-state index in [1.165, 1.54) is 11.1 Å². The van der Waals surface area contributed by atoms with Gasteiger partial charge in [0.1, 0.15) is 0 Å². The summed E-state index contributed by atoms with van der Waals surface area (Å²) in [7, 11) is 0. The van der Waals surface area contributed by atoms with Gasteiger partial charge in [-0.25, -0.2) is 0 Å². The van der Waals surface area contributed by atoms with Gasteiger partial charge in [0.25, 0.3) is 0 Å². The smallest absolute Gasteiger partial charge is 0.0415 e. The highest BCUT2D eigenvalue weighted by Crippen LogP contribution is 1.79. The quantitative estimate of drug-likeness (QED) is 0.620. The third-order valence-corrected chi connectivity index (χ3v) is 1.07. The molecule has 0 amide bonds. The summed E-state index contributed by atoms with van der Waals surface area (Å²) in [6.45, 7) is 0. The van der Waals surface area contributed by atoms with Crippen LogP contribution in [0.1, 0.15) is 0 Å². The SMILES string of the molecule is Cl/C=C/CCl.ClC=CCCl. The molecule has 0 aromatic carbocycles. The maximum Gasteiger partial charge on any atom is 0.0415 e. The fourth-order valence-corrected chi connectivity index (χ4v) is 0.606. The Hall–Kier alpha value is 0.640. The van der Waals surface area contributed by atoms with Gasteiger partial charge in [-0.3, -0.25) is 0 Å². The second kappa shape index (κ2) is 16.3. The molecular weight excluding hydrogens is 214 g/mol. The summed E-state index contributed by atoms with van der Waals surface area (Å²) in [4.78, 5) is 0. The van der Waals surface area contributed by atoms with Crippen molar-refractivity contribution in [3.05, 3.63) is 23.2 Å². The summed E-state index contributed by atoms with van der Waals surface area (Å²) in [6.07, 6.45) is 3.31. The van der Waals surface area contributed by atoms with Gasteiger partial charge < -0.3 is 0 Å². The van der Waals surface area contributed by atoms with Crippen molar-refractivity contribution in [3.8, 4) is 0 Å². The van der Waals surface area contributed by atoms with Crippen molar-refractivity contribution in [2.24, 2.45) is 0 Å². The van der Waals surface area contributed by atoms with Crippen molar-refractivity contribution in [2.45, 2.75) is 0 Å². The van der Waals surface area contributed by atoms with Crippen LogP contribution in [-0.4, -0.2) is 11.8 Å². The summed E-state index contributed by atoms with van der Waals surface area (Å²) < 4.78 is 0. The lowest BCUT2D eigenvalue weighted by molar-refractivity contribution is 1.79. The van der Waals surface area contributed by atoms with Gasteiger partial charge in [-0.15, -0.1) is 23.2 Å². The fraction of sp³-hybridized carbons (Fsp3) is 0.333. The topological polar surface area (TPSA) is 0 Å². The fourth-order valence-electron chi connectivity index (χ4n) is 0.0673. The lowest BCUT2D eigenvalue weighted by Crippen LogP contribution is -1.48. The Labute approximate surface area is 81.4 Å². The lowest BCUT2D eigenvalue weighted by Gasteiger charge is -1.61. The van der Waals surface area contributed by atoms with E-state index < -0.39 is 0 Å². The molecule has 0 spiro atoms. The second-order valence-corrected chi connectivity index (χ2v) is 2.15. The summed E-state index contributed by atoms with van der Waals surface area (Å²) in [5, 5.41) is 0. The van der Waals surface area contributed by atoms with Gasteiger partial charge in [0.2, 0.25) is 0 Å². The van der Waals surface area contributed by atoms with Crippen molar-refractivity contribution in [2.75, 3.05) is 11.8 Å². The Bertz CT molecular complexity index is 75.7. The Kier molecular flexibility index (Phi) is 21.6. The van der Waals surface area contributed by atoms with E-state index in [4.69, 9.17) is 46.4 Å². The first-order valence-corrected chi connectivity index (χ1v) is 4.40. The van der Waals surface area contributed by atoms with Crippen LogP contribution in [0.3, 0.4) is 0 Å². The maximum atomic E-state index is 5.13. The van der Waals surface area contributed by atoms with Crippen LogP contribution in [0, 0.1) is 0 Å². The minimum atomic E-state index is 0.503. The van der Waals surface area contributed by atoms with E-state index in [1.54, 1.807) is 12.2 Å². The zero-order chi connectivity index (χ0) is 8.24. The Morgan fingerprint density at radius 3 is 1.10 bits per heavy atom. The minimum absolute atomic E-state index is 0.503. The van der Waals surface area contributed by atoms with Gasteiger partial charge in [0.05, 0.1) is 0 Å². The van der Waals surface area contributed by atoms with E-state index in [0.29, 0.717) is 11.8 Å². The summed E-state index contributed by atoms with van der Waals surface area (Å²) in [6, 6.07) is 0. The molecule has 0 bridgehead atoms. The van der Waals surface area contributed by atoms with Crippen LogP contribution >= 0.6 is 46.4 Å². The molecule has 0 aliphatic rings. The number of alkyl halides is 2. The van der Waals surface area contributed by atoms with Gasteiger partial charge in [-0.2, -0.15) is 0 Å². The van der Waals surface area contributed by atoms with Crippen LogP contribution in [0.4, 0.5) is 0 Å². The van der Waals surface area contributed by atoms with Gasteiger partial charge in [-0.1, -0.05) is 35.4 Å². The molecule has 0 fully saturated rings. The molecule has 0 N–H and O–H groups in total. The third kappa shape index (κ3) is 23.4. The van der Waals surface area contributed by atoms with E-state index in [2.05, 4.69) is 0 Å². The van der Waals surface area contributed by atoms with E-state index >= 15 is 0 Å². The molecule has 0 rings (SSSR count). The van der Waals surface area contributed by atoms with Gasteiger partial charge >= 0.3 is 0 Å². The molecular formula is C6H8Cl4. The van der Waals surface area contributed by atoms with E-state index in [9.17, 15) is 0 Å². The number of hydrogen-bond donors (Lipinski definition) is 0. The van der Waals surface area contributed by atoms with Crippen LogP contribution in [0.5, 0.6) is 0 Å². The van der Waals surface area contributed by atoms with E-state index in [-0.39, 0.29) is 0 Å². The molecule has 10 heavy (non-hydrogen) atoms. The van der Waals surface area contributed by atoms with Crippen LogP contribution < -0.4 is 0 Å². The van der Waals surface area contributed by atoms with E-state index in [0.717, 1.165) is 0 Å². The van der Waals surface area contributed by atoms with Gasteiger partial charge in [0.15, 0.2) is 0 Å². The Morgan fingerprint density at radius 1 is 0.800 bits per heavy atom. The molecule has 0 aliphatic carbocycles. The van der Waals surface area contributed by atoms with Crippen molar-refractivity contribution in [3.63, 3.8) is 0 Å². The number of allylic oxidation sites excluding steroid dienone is 2. The normalized spacial score (nSPS) is 10.0. The lowest BCUT2D eigenvalue weighted by atomic mass is 10.8. The standard InChI is InChI=1S/2C3H4Cl2/c2*4-2-1-3-5/h2*1-2H,3H2/b2-1+;. The first kappa shape index (κ1) is 13.2. The monoisotopic (exact) mass is 220 g/mol. The molecule has 0 radical (unpaired) electrons. The highest BCUT2D eigenvalue weighted by Gasteiger charge is 1.56. The third-order valence-electron chi connectivity index (χ3n) is 0.356. The summed E-state index contributed by atoms with van der Waals surface area (Å²) in [5.74, 6) is 1.01. The highest BCUT2D eigenvalue weighted by atomic mass is 35.5. The molecule has 0 saturated heterocycles. The van der Waals surface area contributed by atoms with Gasteiger partial charge in [0, 0.05) is 22.8 Å². The molecule has 0 aromatic rings. The average molecular weight is 222 g/mol. The second-order valence-electron chi connectivity index (χ2n) is 1.03. The Morgan fingerprint density at radius 2 is 1.10 bits per heavy atom. The molecule has 0 atom stereocenters. The number of halogens is 4. The van der Waals surface area contributed by atoms with Crippen molar-refractivity contribution in [1.29, 1.82) is 0 Å². The molecule has 60 valence electrons. The van der Waals surface area contributed by atoms with Crippen LogP contribution in [0.25, 0.3) is 0 Å². The molecule has 0 heterocycles. The largest absolute Gasteiger partial charge is 0.122 e. The molecule has 0 nitrogen and oxygen atoms in total. The number of hydrogen-bond acceptors (Lipinski definition) is 0. The zero-order valence-corrected chi connectivity index (χ0v) is 8.26. The summed E-state index contributed by atoms with van der Waals surface area (Å²) in [5.41, 5.74) is 2.79. The average Bonchev–Trinajstić information content (AvgIpc) is 1.93. The first-order valence-electron chi connectivity index (χ1n) is 2.45. The predicted octanol–water partition coefficient (Wildman–Crippen LogP) is 3.96. The predicted molar refractivity (Wildman–Crippen MR) is 51.4 cm³/mol. The molecule has 0 unspecified atom stereocenters. The maximum absolute atomic E-state index is 5.13.